The molecule has 116 valence electrons. The van der Waals surface area contributed by atoms with Gasteiger partial charge in [0, 0.05) is 30.3 Å². The number of ether oxygens (including phenoxy) is 1. The minimum atomic E-state index is -0.0449. The van der Waals surface area contributed by atoms with Crippen LogP contribution in [0.15, 0.2) is 30.3 Å². The van der Waals surface area contributed by atoms with Gasteiger partial charge in [-0.3, -0.25) is 0 Å². The number of fused-ring (bicyclic) bond motifs is 1. The number of nitrogens with zero attached hydrogens (tertiary/aromatic N) is 1. The topological polar surface area (TPSA) is 49.8 Å². The molecule has 1 saturated heterocycles. The molecule has 1 heterocycles. The number of aldehydes is 1. The molecule has 1 fully saturated rings. The van der Waals surface area contributed by atoms with Gasteiger partial charge >= 0.3 is 0 Å². The first-order valence-electron chi connectivity index (χ1n) is 7.67. The third-order valence-corrected chi connectivity index (χ3v) is 4.47. The van der Waals surface area contributed by atoms with E-state index in [2.05, 4.69) is 17.0 Å². The molecule has 1 unspecified atom stereocenters. The van der Waals surface area contributed by atoms with Gasteiger partial charge in [0.15, 0.2) is 0 Å². The predicted molar refractivity (Wildman–Crippen MR) is 87.4 cm³/mol. The second-order valence-corrected chi connectivity index (χ2v) is 5.79. The van der Waals surface area contributed by atoms with Gasteiger partial charge in [-0.25, -0.2) is 0 Å². The minimum Gasteiger partial charge on any atom is -0.496 e. The van der Waals surface area contributed by atoms with Crippen molar-refractivity contribution < 1.29 is 14.6 Å². The quantitative estimate of drug-likeness (QED) is 0.882. The molecule has 2 aromatic carbocycles. The molecule has 1 N–H and O–H groups in total. The van der Waals surface area contributed by atoms with Gasteiger partial charge in [-0.15, -0.1) is 0 Å². The lowest BCUT2D eigenvalue weighted by atomic mass is 9.98. The van der Waals surface area contributed by atoms with Gasteiger partial charge in [0.2, 0.25) is 0 Å². The van der Waals surface area contributed by atoms with Crippen molar-refractivity contribution in [1.29, 1.82) is 0 Å². The Morgan fingerprint density at radius 1 is 1.36 bits per heavy atom. The van der Waals surface area contributed by atoms with Crippen LogP contribution in [0.5, 0.6) is 5.75 Å². The second-order valence-electron chi connectivity index (χ2n) is 5.79. The van der Waals surface area contributed by atoms with Crippen LogP contribution in [0.4, 0.5) is 5.69 Å². The predicted octanol–water partition coefficient (Wildman–Crippen LogP) is 2.76. The largest absolute Gasteiger partial charge is 0.496 e. The van der Waals surface area contributed by atoms with Crippen molar-refractivity contribution in [1.82, 2.24) is 0 Å². The molecule has 1 aliphatic heterocycles. The molecule has 0 radical (unpaired) electrons. The number of hydrogen-bond acceptors (Lipinski definition) is 4. The summed E-state index contributed by atoms with van der Waals surface area (Å²) in [6.45, 7) is 1.73. The Kier molecular flexibility index (Phi) is 4.29. The molecular formula is C18H21NO3. The van der Waals surface area contributed by atoms with Crippen LogP contribution in [0.3, 0.4) is 0 Å². The first-order valence-corrected chi connectivity index (χ1v) is 7.67. The molecular weight excluding hydrogens is 278 g/mol. The molecule has 1 atom stereocenters. The van der Waals surface area contributed by atoms with Crippen LogP contribution in [0.2, 0.25) is 0 Å². The lowest BCUT2D eigenvalue weighted by molar-refractivity contribution is -0.111. The zero-order chi connectivity index (χ0) is 15.5. The van der Waals surface area contributed by atoms with Crippen LogP contribution >= 0.6 is 0 Å². The van der Waals surface area contributed by atoms with Crippen LogP contribution in [0.25, 0.3) is 10.8 Å². The maximum absolute atomic E-state index is 11.0. The molecule has 0 bridgehead atoms. The average molecular weight is 299 g/mol. The Labute approximate surface area is 130 Å². The van der Waals surface area contributed by atoms with Crippen LogP contribution in [-0.2, 0) is 11.4 Å². The summed E-state index contributed by atoms with van der Waals surface area (Å²) < 4.78 is 5.31. The third kappa shape index (κ3) is 2.66. The number of piperidine rings is 1. The number of benzene rings is 2. The fourth-order valence-electron chi connectivity index (χ4n) is 3.27. The van der Waals surface area contributed by atoms with Crippen molar-refractivity contribution in [3.8, 4) is 5.75 Å². The van der Waals surface area contributed by atoms with Crippen LogP contribution < -0.4 is 9.64 Å². The first kappa shape index (κ1) is 14.9. The number of rotatable bonds is 4. The van der Waals surface area contributed by atoms with Gasteiger partial charge < -0.3 is 19.5 Å². The number of hydrogen-bond donors (Lipinski definition) is 1. The summed E-state index contributed by atoms with van der Waals surface area (Å²) in [5.41, 5.74) is 1.95. The molecule has 2 aromatic rings. The van der Waals surface area contributed by atoms with E-state index >= 15 is 0 Å². The smallest absolute Gasteiger partial charge is 0.125 e. The normalized spacial score (nSPS) is 18.5. The lowest BCUT2D eigenvalue weighted by Crippen LogP contribution is -2.35. The third-order valence-electron chi connectivity index (χ3n) is 4.47. The average Bonchev–Trinajstić information content (AvgIpc) is 2.60. The van der Waals surface area contributed by atoms with Crippen LogP contribution in [-0.4, -0.2) is 31.6 Å². The maximum atomic E-state index is 11.0. The zero-order valence-electron chi connectivity index (χ0n) is 12.8. The van der Waals surface area contributed by atoms with Crippen LogP contribution in [0, 0.1) is 5.92 Å². The van der Waals surface area contributed by atoms with Crippen molar-refractivity contribution in [3.63, 3.8) is 0 Å². The van der Waals surface area contributed by atoms with Crippen molar-refractivity contribution in [3.05, 3.63) is 35.9 Å². The summed E-state index contributed by atoms with van der Waals surface area (Å²) in [7, 11) is 1.61. The summed E-state index contributed by atoms with van der Waals surface area (Å²) in [5, 5.41) is 11.7. The SMILES string of the molecule is COc1ccc2cc(N3CCCC(C=O)C3)ccc2c1CO. The van der Waals surface area contributed by atoms with Crippen molar-refractivity contribution >= 4 is 22.7 Å². The maximum Gasteiger partial charge on any atom is 0.125 e. The highest BCUT2D eigenvalue weighted by Gasteiger charge is 2.20. The molecule has 0 saturated carbocycles. The molecule has 4 heteroatoms. The highest BCUT2D eigenvalue weighted by Crippen LogP contribution is 2.32. The number of carbonyl (C=O) groups excluding carboxylic acids is 1. The van der Waals surface area contributed by atoms with E-state index in [9.17, 15) is 9.90 Å². The van der Waals surface area contributed by atoms with E-state index in [-0.39, 0.29) is 12.5 Å². The number of aliphatic hydroxyl groups is 1. The first-order chi connectivity index (χ1) is 10.8. The standard InChI is InChI=1S/C18H21NO3/c1-22-18-7-4-14-9-15(5-6-16(14)17(18)12-21)19-8-2-3-13(10-19)11-20/h4-7,9,11,13,21H,2-3,8,10,12H2,1H3. The summed E-state index contributed by atoms with van der Waals surface area (Å²) in [4.78, 5) is 13.3. The van der Waals surface area contributed by atoms with Crippen molar-refractivity contribution in [2.24, 2.45) is 5.92 Å². The zero-order valence-corrected chi connectivity index (χ0v) is 12.8. The van der Waals surface area contributed by atoms with E-state index in [0.717, 1.165) is 54.2 Å². The highest BCUT2D eigenvalue weighted by molar-refractivity contribution is 5.90. The summed E-state index contributed by atoms with van der Waals surface area (Å²) in [5.74, 6) is 0.843. The van der Waals surface area contributed by atoms with Gasteiger partial charge in [0.25, 0.3) is 0 Å². The minimum absolute atomic E-state index is 0.0449. The molecule has 3 rings (SSSR count). The van der Waals surface area contributed by atoms with E-state index in [4.69, 9.17) is 4.74 Å². The number of anilines is 1. The van der Waals surface area contributed by atoms with E-state index in [1.165, 1.54) is 0 Å². The monoisotopic (exact) mass is 299 g/mol. The highest BCUT2D eigenvalue weighted by atomic mass is 16.5. The Morgan fingerprint density at radius 3 is 2.95 bits per heavy atom. The Balaban J connectivity index is 1.98. The summed E-state index contributed by atoms with van der Waals surface area (Å²) in [6.07, 6.45) is 3.10. The fraction of sp³-hybridized carbons (Fsp3) is 0.389. The van der Waals surface area contributed by atoms with Crippen LogP contribution in [0.1, 0.15) is 18.4 Å². The Hall–Kier alpha value is -2.07. The van der Waals surface area contributed by atoms with E-state index in [1.54, 1.807) is 7.11 Å². The van der Waals surface area contributed by atoms with E-state index in [0.29, 0.717) is 5.75 Å². The van der Waals surface area contributed by atoms with Gasteiger partial charge in [0.05, 0.1) is 13.7 Å². The Morgan fingerprint density at radius 2 is 2.23 bits per heavy atom. The lowest BCUT2D eigenvalue weighted by Gasteiger charge is -2.32. The van der Waals surface area contributed by atoms with Crippen molar-refractivity contribution in [2.75, 3.05) is 25.1 Å². The van der Waals surface area contributed by atoms with Gasteiger partial charge in [-0.1, -0.05) is 12.1 Å². The molecule has 0 amide bonds. The number of carbonyl (C=O) groups is 1. The molecule has 4 nitrogen and oxygen atoms in total. The van der Waals surface area contributed by atoms with E-state index in [1.807, 2.05) is 18.2 Å². The van der Waals surface area contributed by atoms with E-state index < -0.39 is 0 Å². The molecule has 0 aromatic heterocycles. The second kappa shape index (κ2) is 6.36. The van der Waals surface area contributed by atoms with Gasteiger partial charge in [-0.05, 0) is 41.8 Å². The fourth-order valence-corrected chi connectivity index (χ4v) is 3.27. The number of methoxy groups -OCH3 is 1. The van der Waals surface area contributed by atoms with Gasteiger partial charge in [0.1, 0.15) is 12.0 Å². The number of aliphatic hydroxyl groups excluding tert-OH is 1. The molecule has 0 aliphatic carbocycles. The van der Waals surface area contributed by atoms with Crippen molar-refractivity contribution in [2.45, 2.75) is 19.4 Å². The summed E-state index contributed by atoms with van der Waals surface area (Å²) >= 11 is 0. The molecule has 0 spiro atoms. The van der Waals surface area contributed by atoms with Gasteiger partial charge in [-0.2, -0.15) is 0 Å². The molecule has 1 aliphatic rings. The molecule has 22 heavy (non-hydrogen) atoms. The Bertz CT molecular complexity index is 683. The summed E-state index contributed by atoms with van der Waals surface area (Å²) in [6, 6.07) is 10.1.